The molecule has 27 heavy (non-hydrogen) atoms. The predicted octanol–water partition coefficient (Wildman–Crippen LogP) is 1.71. The summed E-state index contributed by atoms with van der Waals surface area (Å²) in [4.78, 5) is 28.4. The lowest BCUT2D eigenvalue weighted by Gasteiger charge is -2.37. The Hall–Kier alpha value is -2.09. The molecule has 0 bridgehead atoms. The lowest BCUT2D eigenvalue weighted by atomic mass is 9.92. The third-order valence-electron chi connectivity index (χ3n) is 5.10. The molecule has 2 atom stereocenters. The highest BCUT2D eigenvalue weighted by molar-refractivity contribution is 7.91. The van der Waals surface area contributed by atoms with Gasteiger partial charge < -0.3 is 14.5 Å². The van der Waals surface area contributed by atoms with Crippen molar-refractivity contribution in [2.24, 2.45) is 11.8 Å². The molecule has 1 aromatic carbocycles. The summed E-state index contributed by atoms with van der Waals surface area (Å²) in [6.07, 6.45) is 1.11. The number of carbonyl (C=O) groups is 2. The predicted molar refractivity (Wildman–Crippen MR) is 102 cm³/mol. The van der Waals surface area contributed by atoms with Gasteiger partial charge in [0.2, 0.25) is 5.91 Å². The molecule has 3 rings (SSSR count). The Morgan fingerprint density at radius 3 is 2.52 bits per heavy atom. The van der Waals surface area contributed by atoms with E-state index >= 15 is 0 Å². The van der Waals surface area contributed by atoms with Crippen LogP contribution in [-0.2, 0) is 19.4 Å². The van der Waals surface area contributed by atoms with Gasteiger partial charge in [-0.15, -0.1) is 0 Å². The van der Waals surface area contributed by atoms with Crippen molar-refractivity contribution in [2.75, 3.05) is 36.8 Å². The summed E-state index contributed by atoms with van der Waals surface area (Å²) in [5.74, 6) is 0.541. The molecule has 0 N–H and O–H groups in total. The lowest BCUT2D eigenvalue weighted by molar-refractivity contribution is -0.134. The molecule has 0 aliphatic carbocycles. The molecule has 0 saturated carbocycles. The highest BCUT2D eigenvalue weighted by atomic mass is 32.2. The number of hydrogen-bond acceptors (Lipinski definition) is 6. The van der Waals surface area contributed by atoms with E-state index in [0.29, 0.717) is 17.5 Å². The summed E-state index contributed by atoms with van der Waals surface area (Å²) in [7, 11) is -3.40. The third kappa shape index (κ3) is 4.26. The van der Waals surface area contributed by atoms with Crippen LogP contribution in [0.25, 0.3) is 0 Å². The number of carbonyl (C=O) groups excluding carboxylic acids is 2. The normalized spacial score (nSPS) is 23.0. The fourth-order valence-electron chi connectivity index (χ4n) is 3.86. The molecule has 8 heteroatoms. The van der Waals surface area contributed by atoms with Crippen LogP contribution < -0.4 is 9.64 Å². The van der Waals surface area contributed by atoms with E-state index in [1.807, 2.05) is 4.90 Å². The van der Waals surface area contributed by atoms with Crippen LogP contribution in [0, 0.1) is 11.8 Å². The highest BCUT2D eigenvalue weighted by Crippen LogP contribution is 2.34. The van der Waals surface area contributed by atoms with E-state index < -0.39 is 15.8 Å². The zero-order valence-corrected chi connectivity index (χ0v) is 16.8. The molecule has 1 aromatic rings. The van der Waals surface area contributed by atoms with Crippen LogP contribution in [0.15, 0.2) is 23.1 Å². The van der Waals surface area contributed by atoms with Gasteiger partial charge in [0.05, 0.1) is 22.9 Å². The summed E-state index contributed by atoms with van der Waals surface area (Å²) in [6.45, 7) is 7.33. The van der Waals surface area contributed by atoms with Gasteiger partial charge in [0, 0.05) is 19.2 Å². The van der Waals surface area contributed by atoms with Crippen LogP contribution in [0.4, 0.5) is 5.69 Å². The standard InChI is InChI=1S/C19H26N2O5S/c1-4-27(24,25)15-5-6-16-17(8-15)26-19(23)12-20(16)11-18(22)21-9-13(2)7-14(3)10-21/h5-6,8,13-14H,4,7,9-12H2,1-3H3. The van der Waals surface area contributed by atoms with Crippen molar-refractivity contribution in [2.45, 2.75) is 32.1 Å². The smallest absolute Gasteiger partial charge is 0.331 e. The molecular formula is C19H26N2O5S. The number of likely N-dealkylation sites (tertiary alicyclic amines) is 1. The number of nitrogens with zero attached hydrogens (tertiary/aromatic N) is 2. The number of esters is 1. The minimum atomic E-state index is -3.40. The molecule has 2 aliphatic heterocycles. The number of ether oxygens (including phenoxy) is 1. The molecule has 0 radical (unpaired) electrons. The lowest BCUT2D eigenvalue weighted by Crippen LogP contribution is -2.49. The van der Waals surface area contributed by atoms with Gasteiger partial charge in [-0.05, 0) is 30.4 Å². The van der Waals surface area contributed by atoms with Crippen molar-refractivity contribution >= 4 is 27.4 Å². The average Bonchev–Trinajstić information content (AvgIpc) is 2.60. The van der Waals surface area contributed by atoms with E-state index in [-0.39, 0.29) is 35.4 Å². The Bertz CT molecular complexity index is 842. The number of fused-ring (bicyclic) bond motifs is 1. The Morgan fingerprint density at radius 1 is 1.22 bits per heavy atom. The maximum atomic E-state index is 12.8. The second-order valence-corrected chi connectivity index (χ2v) is 9.89. The van der Waals surface area contributed by atoms with Gasteiger partial charge in [-0.1, -0.05) is 20.8 Å². The second-order valence-electron chi connectivity index (χ2n) is 7.61. The number of amides is 1. The Kier molecular flexibility index (Phi) is 5.46. The van der Waals surface area contributed by atoms with Crippen LogP contribution in [0.5, 0.6) is 5.75 Å². The van der Waals surface area contributed by atoms with E-state index in [4.69, 9.17) is 4.74 Å². The molecule has 1 fully saturated rings. The number of sulfone groups is 1. The first-order valence-electron chi connectivity index (χ1n) is 9.29. The number of rotatable bonds is 4. The van der Waals surface area contributed by atoms with Gasteiger partial charge in [0.25, 0.3) is 0 Å². The first kappa shape index (κ1) is 19.7. The van der Waals surface area contributed by atoms with Gasteiger partial charge >= 0.3 is 5.97 Å². The van der Waals surface area contributed by atoms with Crippen LogP contribution >= 0.6 is 0 Å². The van der Waals surface area contributed by atoms with Crippen molar-refractivity contribution < 1.29 is 22.7 Å². The zero-order chi connectivity index (χ0) is 19.8. The van der Waals surface area contributed by atoms with Crippen molar-refractivity contribution in [3.05, 3.63) is 18.2 Å². The maximum absolute atomic E-state index is 12.8. The van der Waals surface area contributed by atoms with Gasteiger partial charge in [-0.2, -0.15) is 0 Å². The van der Waals surface area contributed by atoms with Crippen molar-refractivity contribution in [3.63, 3.8) is 0 Å². The number of piperidine rings is 1. The van der Waals surface area contributed by atoms with Gasteiger partial charge in [-0.25, -0.2) is 13.2 Å². The summed E-state index contributed by atoms with van der Waals surface area (Å²) in [6, 6.07) is 4.48. The molecule has 0 aromatic heterocycles. The largest absolute Gasteiger partial charge is 0.423 e. The van der Waals surface area contributed by atoms with Crippen molar-refractivity contribution in [3.8, 4) is 5.75 Å². The van der Waals surface area contributed by atoms with Gasteiger partial charge in [0.1, 0.15) is 6.54 Å². The number of benzene rings is 1. The van der Waals surface area contributed by atoms with Gasteiger partial charge in [0.15, 0.2) is 15.6 Å². The van der Waals surface area contributed by atoms with Crippen LogP contribution in [0.2, 0.25) is 0 Å². The molecule has 148 valence electrons. The number of hydrogen-bond donors (Lipinski definition) is 0. The molecule has 2 aliphatic rings. The number of anilines is 1. The fourth-order valence-corrected chi connectivity index (χ4v) is 4.76. The van der Waals surface area contributed by atoms with E-state index in [1.54, 1.807) is 17.9 Å². The van der Waals surface area contributed by atoms with Gasteiger partial charge in [-0.3, -0.25) is 4.79 Å². The fraction of sp³-hybridized carbons (Fsp3) is 0.579. The summed E-state index contributed by atoms with van der Waals surface area (Å²) in [5, 5.41) is 0. The van der Waals surface area contributed by atoms with E-state index in [0.717, 1.165) is 19.5 Å². The molecule has 2 unspecified atom stereocenters. The molecule has 1 saturated heterocycles. The molecular weight excluding hydrogens is 368 g/mol. The van der Waals surface area contributed by atoms with Crippen LogP contribution in [-0.4, -0.2) is 57.1 Å². The average molecular weight is 394 g/mol. The molecule has 0 spiro atoms. The van der Waals surface area contributed by atoms with E-state index in [1.165, 1.54) is 12.1 Å². The topological polar surface area (TPSA) is 84.0 Å². The minimum Gasteiger partial charge on any atom is -0.423 e. The first-order valence-corrected chi connectivity index (χ1v) is 10.9. The molecule has 7 nitrogen and oxygen atoms in total. The third-order valence-corrected chi connectivity index (χ3v) is 6.83. The zero-order valence-electron chi connectivity index (χ0n) is 16.0. The van der Waals surface area contributed by atoms with Crippen LogP contribution in [0.3, 0.4) is 0 Å². The Labute approximate surface area is 160 Å². The first-order chi connectivity index (χ1) is 12.7. The Morgan fingerprint density at radius 2 is 1.89 bits per heavy atom. The maximum Gasteiger partial charge on any atom is 0.331 e. The van der Waals surface area contributed by atoms with Crippen molar-refractivity contribution in [1.82, 2.24) is 4.90 Å². The summed E-state index contributed by atoms with van der Waals surface area (Å²) >= 11 is 0. The van der Waals surface area contributed by atoms with E-state index in [2.05, 4.69) is 13.8 Å². The minimum absolute atomic E-state index is 0.0284. The second kappa shape index (κ2) is 7.50. The summed E-state index contributed by atoms with van der Waals surface area (Å²) < 4.78 is 29.4. The monoisotopic (exact) mass is 394 g/mol. The highest BCUT2D eigenvalue weighted by Gasteiger charge is 2.31. The molecule has 1 amide bonds. The Balaban J connectivity index is 1.82. The quantitative estimate of drug-likeness (QED) is 0.571. The molecule has 2 heterocycles. The summed E-state index contributed by atoms with van der Waals surface area (Å²) in [5.41, 5.74) is 0.566. The van der Waals surface area contributed by atoms with E-state index in [9.17, 15) is 18.0 Å². The van der Waals surface area contributed by atoms with Crippen molar-refractivity contribution in [1.29, 1.82) is 0 Å². The van der Waals surface area contributed by atoms with Crippen LogP contribution in [0.1, 0.15) is 27.2 Å². The SMILES string of the molecule is CCS(=O)(=O)c1ccc2c(c1)OC(=O)CN2CC(=O)N1CC(C)CC(C)C1.